The molecule has 1 aliphatic rings. The molecule has 1 N–H and O–H groups in total. The Bertz CT molecular complexity index is 593. The van der Waals surface area contributed by atoms with E-state index in [-0.39, 0.29) is 6.10 Å². The number of rotatable bonds is 6. The van der Waals surface area contributed by atoms with Crippen LogP contribution in [0.1, 0.15) is 26.2 Å². The Hall–Kier alpha value is -1.43. The quantitative estimate of drug-likeness (QED) is 0.885. The Balaban J connectivity index is 1.44. The van der Waals surface area contributed by atoms with E-state index < -0.39 is 0 Å². The molecule has 0 aliphatic carbocycles. The Morgan fingerprint density at radius 1 is 1.35 bits per heavy atom. The molecule has 2 heterocycles. The van der Waals surface area contributed by atoms with Gasteiger partial charge in [0.05, 0.1) is 6.10 Å². The van der Waals surface area contributed by atoms with Crippen molar-refractivity contribution >= 4 is 11.1 Å². The van der Waals surface area contributed by atoms with Crippen LogP contribution in [0.25, 0.3) is 11.1 Å². The minimum Gasteiger partial charge on any atom is -0.441 e. The molecule has 1 aromatic heterocycles. The number of β-amino-alcohol motifs (C(OH)–C–C–N with tert-alkyl or cyclic N) is 1. The average Bonchev–Trinajstić information content (AvgIpc) is 2.92. The fourth-order valence-corrected chi connectivity index (χ4v) is 3.37. The third-order valence-corrected chi connectivity index (χ3v) is 4.55. The predicted octanol–water partition coefficient (Wildman–Crippen LogP) is 2.15. The fourth-order valence-electron chi connectivity index (χ4n) is 3.37. The van der Waals surface area contributed by atoms with E-state index in [1.807, 2.05) is 31.2 Å². The van der Waals surface area contributed by atoms with Crippen LogP contribution in [0.2, 0.25) is 0 Å². The Labute approximate surface area is 137 Å². The van der Waals surface area contributed by atoms with E-state index >= 15 is 0 Å². The van der Waals surface area contributed by atoms with Gasteiger partial charge in [-0.15, -0.1) is 0 Å². The number of aliphatic hydroxyl groups excluding tert-OH is 1. The second-order valence-electron chi connectivity index (χ2n) is 6.67. The molecule has 126 valence electrons. The smallest absolute Gasteiger partial charge is 0.195 e. The summed E-state index contributed by atoms with van der Waals surface area (Å²) in [6.45, 7) is 9.14. The topological polar surface area (TPSA) is 52.7 Å². The highest BCUT2D eigenvalue weighted by Crippen LogP contribution is 2.16. The van der Waals surface area contributed by atoms with Crippen molar-refractivity contribution in [2.45, 2.75) is 38.8 Å². The summed E-state index contributed by atoms with van der Waals surface area (Å²) in [5.41, 5.74) is 1.82. The van der Waals surface area contributed by atoms with Crippen LogP contribution in [0, 0.1) is 0 Å². The minimum absolute atomic E-state index is 0.247. The number of aryl methyl sites for hydroxylation is 1. The van der Waals surface area contributed by atoms with Gasteiger partial charge in [0.2, 0.25) is 0 Å². The van der Waals surface area contributed by atoms with Crippen LogP contribution in [0.5, 0.6) is 0 Å². The standard InChI is InChI=1S/C18H27N3O2/c1-14-12-20(10-11-21(14)13-15(2)22)9-5-8-18-19-16-6-3-4-7-17(16)23-18/h3-4,6-7,14-15,22H,5,8-13H2,1-2H3/t14-,15-/m0/s1. The van der Waals surface area contributed by atoms with Gasteiger partial charge in [0.1, 0.15) is 5.52 Å². The summed E-state index contributed by atoms with van der Waals surface area (Å²) in [5.74, 6) is 0.840. The number of aromatic nitrogens is 1. The van der Waals surface area contributed by atoms with Crippen molar-refractivity contribution < 1.29 is 9.52 Å². The molecule has 1 saturated heterocycles. The van der Waals surface area contributed by atoms with Crippen LogP contribution in [0.3, 0.4) is 0 Å². The van der Waals surface area contributed by atoms with Crippen molar-refractivity contribution in [2.24, 2.45) is 0 Å². The van der Waals surface area contributed by atoms with Gasteiger partial charge in [-0.2, -0.15) is 0 Å². The summed E-state index contributed by atoms with van der Waals surface area (Å²) in [7, 11) is 0. The maximum Gasteiger partial charge on any atom is 0.195 e. The van der Waals surface area contributed by atoms with E-state index in [1.165, 1.54) is 0 Å². The van der Waals surface area contributed by atoms with Crippen molar-refractivity contribution in [3.63, 3.8) is 0 Å². The zero-order valence-corrected chi connectivity index (χ0v) is 14.1. The van der Waals surface area contributed by atoms with Crippen LogP contribution in [-0.2, 0) is 6.42 Å². The molecule has 2 atom stereocenters. The Morgan fingerprint density at radius 2 is 2.17 bits per heavy atom. The molecule has 2 aromatic rings. The van der Waals surface area contributed by atoms with E-state index in [0.717, 1.165) is 62.6 Å². The Kier molecular flexibility index (Phi) is 5.30. The number of piperazine rings is 1. The lowest BCUT2D eigenvalue weighted by Gasteiger charge is -2.40. The van der Waals surface area contributed by atoms with Crippen LogP contribution in [-0.4, -0.2) is 64.8 Å². The molecular formula is C18H27N3O2. The van der Waals surface area contributed by atoms with Gasteiger partial charge in [-0.25, -0.2) is 4.98 Å². The van der Waals surface area contributed by atoms with Gasteiger partial charge < -0.3 is 14.4 Å². The van der Waals surface area contributed by atoms with Gasteiger partial charge in [0, 0.05) is 38.6 Å². The van der Waals surface area contributed by atoms with Crippen LogP contribution >= 0.6 is 0 Å². The third kappa shape index (κ3) is 4.31. The van der Waals surface area contributed by atoms with Crippen molar-refractivity contribution in [1.29, 1.82) is 0 Å². The number of oxazole rings is 1. The normalized spacial score (nSPS) is 21.8. The molecule has 0 spiro atoms. The van der Waals surface area contributed by atoms with E-state index in [2.05, 4.69) is 21.7 Å². The fraction of sp³-hybridized carbons (Fsp3) is 0.611. The molecule has 0 radical (unpaired) electrons. The highest BCUT2D eigenvalue weighted by Gasteiger charge is 2.24. The van der Waals surface area contributed by atoms with Gasteiger partial charge in [-0.1, -0.05) is 12.1 Å². The monoisotopic (exact) mass is 317 g/mol. The first-order chi connectivity index (χ1) is 11.1. The second-order valence-corrected chi connectivity index (χ2v) is 6.67. The van der Waals surface area contributed by atoms with E-state index in [9.17, 15) is 5.11 Å². The van der Waals surface area contributed by atoms with Crippen molar-refractivity contribution in [2.75, 3.05) is 32.7 Å². The largest absolute Gasteiger partial charge is 0.441 e. The van der Waals surface area contributed by atoms with Gasteiger partial charge in [0.15, 0.2) is 11.5 Å². The van der Waals surface area contributed by atoms with Gasteiger partial charge in [0.25, 0.3) is 0 Å². The van der Waals surface area contributed by atoms with Crippen molar-refractivity contribution in [3.8, 4) is 0 Å². The molecule has 5 nitrogen and oxygen atoms in total. The van der Waals surface area contributed by atoms with Gasteiger partial charge in [-0.05, 0) is 38.9 Å². The molecule has 1 fully saturated rings. The molecule has 5 heteroatoms. The summed E-state index contributed by atoms with van der Waals surface area (Å²) in [4.78, 5) is 9.42. The van der Waals surface area contributed by atoms with E-state index in [1.54, 1.807) is 0 Å². The summed E-state index contributed by atoms with van der Waals surface area (Å²) < 4.78 is 5.77. The number of hydrogen-bond donors (Lipinski definition) is 1. The summed E-state index contributed by atoms with van der Waals surface area (Å²) in [5, 5.41) is 9.54. The molecule has 0 saturated carbocycles. The SMILES string of the molecule is C[C@H](O)CN1CCN(CCCc2nc3ccccc3o2)C[C@@H]1C. The highest BCUT2D eigenvalue weighted by molar-refractivity contribution is 5.72. The number of benzene rings is 1. The van der Waals surface area contributed by atoms with Crippen LogP contribution < -0.4 is 0 Å². The molecule has 1 aliphatic heterocycles. The molecule has 0 bridgehead atoms. The maximum absolute atomic E-state index is 9.54. The van der Waals surface area contributed by atoms with Crippen molar-refractivity contribution in [1.82, 2.24) is 14.8 Å². The summed E-state index contributed by atoms with van der Waals surface area (Å²) in [6.07, 6.45) is 1.70. The molecule has 23 heavy (non-hydrogen) atoms. The predicted molar refractivity (Wildman–Crippen MR) is 91.5 cm³/mol. The zero-order valence-electron chi connectivity index (χ0n) is 14.1. The first-order valence-electron chi connectivity index (χ1n) is 8.61. The third-order valence-electron chi connectivity index (χ3n) is 4.55. The molecule has 1 aromatic carbocycles. The number of aliphatic hydroxyl groups is 1. The number of nitrogens with zero attached hydrogens (tertiary/aromatic N) is 3. The lowest BCUT2D eigenvalue weighted by Crippen LogP contribution is -2.53. The van der Waals surface area contributed by atoms with Gasteiger partial charge in [-0.3, -0.25) is 4.90 Å². The lowest BCUT2D eigenvalue weighted by molar-refractivity contribution is 0.0447. The molecule has 0 unspecified atom stereocenters. The minimum atomic E-state index is -0.247. The van der Waals surface area contributed by atoms with Crippen molar-refractivity contribution in [3.05, 3.63) is 30.2 Å². The zero-order chi connectivity index (χ0) is 16.2. The number of para-hydroxylation sites is 2. The number of hydrogen-bond acceptors (Lipinski definition) is 5. The lowest BCUT2D eigenvalue weighted by atomic mass is 10.1. The van der Waals surface area contributed by atoms with Gasteiger partial charge >= 0.3 is 0 Å². The molecule has 3 rings (SSSR count). The van der Waals surface area contributed by atoms with E-state index in [0.29, 0.717) is 6.04 Å². The summed E-state index contributed by atoms with van der Waals surface area (Å²) >= 11 is 0. The average molecular weight is 317 g/mol. The molecule has 0 amide bonds. The van der Waals surface area contributed by atoms with E-state index in [4.69, 9.17) is 4.42 Å². The highest BCUT2D eigenvalue weighted by atomic mass is 16.3. The summed E-state index contributed by atoms with van der Waals surface area (Å²) in [6, 6.07) is 8.43. The molecular weight excluding hydrogens is 290 g/mol. The van der Waals surface area contributed by atoms with Crippen LogP contribution in [0.4, 0.5) is 0 Å². The Morgan fingerprint density at radius 3 is 2.91 bits per heavy atom. The van der Waals surface area contributed by atoms with Crippen LogP contribution in [0.15, 0.2) is 28.7 Å². The second kappa shape index (κ2) is 7.43. The first-order valence-corrected chi connectivity index (χ1v) is 8.61. The maximum atomic E-state index is 9.54. The number of fused-ring (bicyclic) bond motifs is 1. The first kappa shape index (κ1) is 16.4.